The van der Waals surface area contributed by atoms with Crippen molar-refractivity contribution in [2.75, 3.05) is 6.54 Å². The van der Waals surface area contributed by atoms with Gasteiger partial charge in [-0.2, -0.15) is 0 Å². The first kappa shape index (κ1) is 12.3. The summed E-state index contributed by atoms with van der Waals surface area (Å²) in [6.45, 7) is 6.95. The highest BCUT2D eigenvalue weighted by Gasteiger charge is 2.07. The lowest BCUT2D eigenvalue weighted by Gasteiger charge is -2.09. The molecule has 2 rings (SSSR count). The van der Waals surface area contributed by atoms with Crippen molar-refractivity contribution in [1.82, 2.24) is 19.9 Å². The maximum Gasteiger partial charge on any atom is 0.112 e. The normalized spacial score (nSPS) is 10.9. The Kier molecular flexibility index (Phi) is 4.28. The zero-order valence-electron chi connectivity index (χ0n) is 10.3. The molecular formula is C12H18N4S. The van der Waals surface area contributed by atoms with Gasteiger partial charge in [0.1, 0.15) is 10.8 Å². The Bertz CT molecular complexity index is 447. The molecule has 17 heavy (non-hydrogen) atoms. The number of rotatable bonds is 6. The number of imidazole rings is 1. The highest BCUT2D eigenvalue weighted by atomic mass is 32.1. The average molecular weight is 250 g/mol. The van der Waals surface area contributed by atoms with Crippen molar-refractivity contribution in [2.45, 2.75) is 33.4 Å². The molecule has 0 amide bonds. The first-order valence-corrected chi connectivity index (χ1v) is 6.79. The Morgan fingerprint density at radius 2 is 2.29 bits per heavy atom. The van der Waals surface area contributed by atoms with Crippen LogP contribution in [0, 0.1) is 6.92 Å². The number of nitrogens with zero attached hydrogens (tertiary/aromatic N) is 3. The second kappa shape index (κ2) is 5.93. The minimum atomic E-state index is 0.826. The molecule has 0 radical (unpaired) electrons. The third-order valence-electron chi connectivity index (χ3n) is 2.65. The van der Waals surface area contributed by atoms with Crippen LogP contribution in [-0.4, -0.2) is 21.1 Å². The van der Waals surface area contributed by atoms with Gasteiger partial charge in [0.05, 0.1) is 12.2 Å². The van der Waals surface area contributed by atoms with E-state index in [1.165, 1.54) is 5.69 Å². The highest BCUT2D eigenvalue weighted by molar-refractivity contribution is 7.09. The lowest BCUT2D eigenvalue weighted by atomic mass is 10.4. The number of hydrogen-bond donors (Lipinski definition) is 1. The summed E-state index contributed by atoms with van der Waals surface area (Å²) in [6, 6.07) is 0. The fourth-order valence-corrected chi connectivity index (χ4v) is 2.34. The SMILES string of the molecule is CCCNCc1cnc(C)n1Cc1nccs1. The minimum Gasteiger partial charge on any atom is -0.324 e. The lowest BCUT2D eigenvalue weighted by Crippen LogP contribution is -2.17. The Hall–Kier alpha value is -1.20. The molecule has 0 unspecified atom stereocenters. The van der Waals surface area contributed by atoms with Crippen LogP contribution in [0.3, 0.4) is 0 Å². The van der Waals surface area contributed by atoms with Crippen LogP contribution in [0.15, 0.2) is 17.8 Å². The first-order chi connectivity index (χ1) is 8.31. The van der Waals surface area contributed by atoms with Gasteiger partial charge in [-0.3, -0.25) is 0 Å². The monoisotopic (exact) mass is 250 g/mol. The largest absolute Gasteiger partial charge is 0.324 e. The molecular weight excluding hydrogens is 232 g/mol. The third-order valence-corrected chi connectivity index (χ3v) is 3.41. The maximum atomic E-state index is 4.38. The van der Waals surface area contributed by atoms with Crippen LogP contribution >= 0.6 is 11.3 Å². The molecule has 0 bridgehead atoms. The summed E-state index contributed by atoms with van der Waals surface area (Å²) in [5.41, 5.74) is 1.23. The van der Waals surface area contributed by atoms with Crippen LogP contribution in [0.1, 0.15) is 29.9 Å². The molecule has 0 aliphatic heterocycles. The summed E-state index contributed by atoms with van der Waals surface area (Å²) < 4.78 is 2.22. The van der Waals surface area contributed by atoms with Gasteiger partial charge in [-0.05, 0) is 19.9 Å². The summed E-state index contributed by atoms with van der Waals surface area (Å²) in [7, 11) is 0. The Labute approximate surface area is 106 Å². The van der Waals surface area contributed by atoms with Crippen molar-refractivity contribution in [3.05, 3.63) is 34.3 Å². The average Bonchev–Trinajstić information content (AvgIpc) is 2.94. The first-order valence-electron chi connectivity index (χ1n) is 5.91. The van der Waals surface area contributed by atoms with Crippen LogP contribution in [0.4, 0.5) is 0 Å². The molecule has 0 aromatic carbocycles. The van der Waals surface area contributed by atoms with E-state index in [1.807, 2.05) is 24.7 Å². The van der Waals surface area contributed by atoms with Gasteiger partial charge in [-0.25, -0.2) is 9.97 Å². The quantitative estimate of drug-likeness (QED) is 0.799. The van der Waals surface area contributed by atoms with E-state index in [0.717, 1.165) is 36.9 Å². The number of nitrogens with one attached hydrogen (secondary N) is 1. The van der Waals surface area contributed by atoms with E-state index in [2.05, 4.69) is 26.8 Å². The van der Waals surface area contributed by atoms with Gasteiger partial charge in [0.15, 0.2) is 0 Å². The molecule has 0 aliphatic carbocycles. The van der Waals surface area contributed by atoms with E-state index in [1.54, 1.807) is 11.3 Å². The fraction of sp³-hybridized carbons (Fsp3) is 0.500. The minimum absolute atomic E-state index is 0.826. The molecule has 1 N–H and O–H groups in total. The van der Waals surface area contributed by atoms with Gasteiger partial charge in [0, 0.05) is 24.3 Å². The molecule has 0 aliphatic rings. The zero-order chi connectivity index (χ0) is 12.1. The second-order valence-electron chi connectivity index (χ2n) is 3.99. The molecule has 0 fully saturated rings. The van der Waals surface area contributed by atoms with Crippen LogP contribution in [0.2, 0.25) is 0 Å². The van der Waals surface area contributed by atoms with E-state index in [0.29, 0.717) is 0 Å². The van der Waals surface area contributed by atoms with Crippen molar-refractivity contribution < 1.29 is 0 Å². The molecule has 5 heteroatoms. The van der Waals surface area contributed by atoms with Gasteiger partial charge < -0.3 is 9.88 Å². The summed E-state index contributed by atoms with van der Waals surface area (Å²) >= 11 is 1.69. The van der Waals surface area contributed by atoms with Crippen LogP contribution in [-0.2, 0) is 13.1 Å². The van der Waals surface area contributed by atoms with Crippen molar-refractivity contribution in [2.24, 2.45) is 0 Å². The number of hydrogen-bond acceptors (Lipinski definition) is 4. The van der Waals surface area contributed by atoms with E-state index >= 15 is 0 Å². The molecule has 0 saturated heterocycles. The molecule has 2 aromatic heterocycles. The highest BCUT2D eigenvalue weighted by Crippen LogP contribution is 2.11. The predicted octanol–water partition coefficient (Wildman–Crippen LogP) is 2.20. The van der Waals surface area contributed by atoms with Crippen molar-refractivity contribution in [3.63, 3.8) is 0 Å². The van der Waals surface area contributed by atoms with Crippen molar-refractivity contribution >= 4 is 11.3 Å². The number of thiazole rings is 1. The van der Waals surface area contributed by atoms with Crippen molar-refractivity contribution in [3.8, 4) is 0 Å². The number of aromatic nitrogens is 3. The Morgan fingerprint density at radius 3 is 3.00 bits per heavy atom. The van der Waals surface area contributed by atoms with Crippen LogP contribution in [0.25, 0.3) is 0 Å². The second-order valence-corrected chi connectivity index (χ2v) is 4.96. The standard InChI is InChI=1S/C12H18N4S/c1-3-4-13-7-11-8-15-10(2)16(11)9-12-14-5-6-17-12/h5-6,8,13H,3-4,7,9H2,1-2H3. The molecule has 0 spiro atoms. The van der Waals surface area contributed by atoms with Gasteiger partial charge >= 0.3 is 0 Å². The van der Waals surface area contributed by atoms with E-state index in [9.17, 15) is 0 Å². The maximum absolute atomic E-state index is 4.38. The van der Waals surface area contributed by atoms with E-state index in [-0.39, 0.29) is 0 Å². The Balaban J connectivity index is 2.06. The summed E-state index contributed by atoms with van der Waals surface area (Å²) in [6.07, 6.45) is 4.95. The van der Waals surface area contributed by atoms with Gasteiger partial charge in [-0.1, -0.05) is 6.92 Å². The molecule has 2 heterocycles. The molecule has 92 valence electrons. The van der Waals surface area contributed by atoms with Crippen LogP contribution < -0.4 is 5.32 Å². The van der Waals surface area contributed by atoms with Gasteiger partial charge in [0.2, 0.25) is 0 Å². The topological polar surface area (TPSA) is 42.7 Å². The summed E-state index contributed by atoms with van der Waals surface area (Å²) in [5, 5.41) is 6.54. The van der Waals surface area contributed by atoms with Gasteiger partial charge in [0.25, 0.3) is 0 Å². The summed E-state index contributed by atoms with van der Waals surface area (Å²) in [5.74, 6) is 1.05. The molecule has 0 atom stereocenters. The Morgan fingerprint density at radius 1 is 1.41 bits per heavy atom. The third kappa shape index (κ3) is 3.14. The predicted molar refractivity (Wildman–Crippen MR) is 70.2 cm³/mol. The van der Waals surface area contributed by atoms with Crippen molar-refractivity contribution in [1.29, 1.82) is 0 Å². The van der Waals surface area contributed by atoms with E-state index < -0.39 is 0 Å². The fourth-order valence-electron chi connectivity index (χ4n) is 1.73. The number of aryl methyl sites for hydroxylation is 1. The molecule has 0 saturated carbocycles. The van der Waals surface area contributed by atoms with Crippen LogP contribution in [0.5, 0.6) is 0 Å². The van der Waals surface area contributed by atoms with E-state index in [4.69, 9.17) is 0 Å². The molecule has 4 nitrogen and oxygen atoms in total. The lowest BCUT2D eigenvalue weighted by molar-refractivity contribution is 0.622. The smallest absolute Gasteiger partial charge is 0.112 e. The van der Waals surface area contributed by atoms with Gasteiger partial charge in [-0.15, -0.1) is 11.3 Å². The molecule has 2 aromatic rings. The summed E-state index contributed by atoms with van der Waals surface area (Å²) in [4.78, 5) is 8.69. The zero-order valence-corrected chi connectivity index (χ0v) is 11.1.